The molecule has 0 aromatic heterocycles. The van der Waals surface area contributed by atoms with E-state index in [1.807, 2.05) is 6.07 Å². The fraction of sp³-hybridized carbons (Fsp3) is 0.235. The number of halogens is 3. The molecule has 0 bridgehead atoms. The first-order valence-electron chi connectivity index (χ1n) is 7.23. The van der Waals surface area contributed by atoms with Crippen molar-refractivity contribution < 1.29 is 27.5 Å². The summed E-state index contributed by atoms with van der Waals surface area (Å²) in [6, 6.07) is 13.2. The van der Waals surface area contributed by atoms with Crippen molar-refractivity contribution in [3.8, 4) is 0 Å². The molecule has 0 saturated carbocycles. The summed E-state index contributed by atoms with van der Waals surface area (Å²) in [6.45, 7) is 1.70. The van der Waals surface area contributed by atoms with Crippen molar-refractivity contribution >= 4 is 11.8 Å². The average molecular weight is 339 g/mol. The maximum atomic E-state index is 12.8. The topological polar surface area (TPSA) is 38.8 Å². The highest BCUT2D eigenvalue weighted by Gasteiger charge is 2.31. The van der Waals surface area contributed by atoms with E-state index in [2.05, 4.69) is 0 Å². The summed E-state index contributed by atoms with van der Waals surface area (Å²) in [4.78, 5) is 17.3. The van der Waals surface area contributed by atoms with Crippen molar-refractivity contribution in [1.29, 1.82) is 0 Å². The lowest BCUT2D eigenvalue weighted by Gasteiger charge is -2.21. The minimum atomic E-state index is -4.51. The van der Waals surface area contributed by atoms with E-state index < -0.39 is 17.8 Å². The average Bonchev–Trinajstić information content (AvgIpc) is 2.58. The van der Waals surface area contributed by atoms with Gasteiger partial charge >= 0.3 is 12.3 Å². The normalized spacial score (nSPS) is 11.2. The van der Waals surface area contributed by atoms with Crippen LogP contribution in [0.2, 0.25) is 0 Å². The number of hydrogen-bond acceptors (Lipinski definition) is 3. The molecule has 0 atom stereocenters. The van der Waals surface area contributed by atoms with Crippen LogP contribution >= 0.6 is 0 Å². The Bertz CT molecular complexity index is 674. The summed E-state index contributed by atoms with van der Waals surface area (Å²) < 4.78 is 43.5. The van der Waals surface area contributed by atoms with Gasteiger partial charge in [-0.15, -0.1) is 0 Å². The standard InChI is InChI=1S/C17H16F3NO3/c1-2-24-21(15-10-6-9-14(11-15)17(18,19)20)16(22)23-12-13-7-4-3-5-8-13/h3-11H,2,12H2,1H3. The number of ether oxygens (including phenoxy) is 1. The minimum absolute atomic E-state index is 0.0117. The van der Waals surface area contributed by atoms with Crippen LogP contribution in [0.4, 0.5) is 23.7 Å². The Labute approximate surface area is 137 Å². The van der Waals surface area contributed by atoms with E-state index in [9.17, 15) is 18.0 Å². The molecular formula is C17H16F3NO3. The molecule has 0 aliphatic carbocycles. The molecule has 0 spiro atoms. The molecule has 2 aromatic carbocycles. The number of hydroxylamine groups is 1. The van der Waals surface area contributed by atoms with Gasteiger partial charge in [-0.05, 0) is 30.7 Å². The van der Waals surface area contributed by atoms with Crippen LogP contribution in [0.3, 0.4) is 0 Å². The Morgan fingerprint density at radius 2 is 1.79 bits per heavy atom. The van der Waals surface area contributed by atoms with Crippen molar-refractivity contribution in [3.63, 3.8) is 0 Å². The highest BCUT2D eigenvalue weighted by Crippen LogP contribution is 2.31. The minimum Gasteiger partial charge on any atom is -0.443 e. The molecule has 0 N–H and O–H groups in total. The van der Waals surface area contributed by atoms with Crippen LogP contribution in [0.5, 0.6) is 0 Å². The fourth-order valence-corrected chi connectivity index (χ4v) is 1.95. The molecule has 128 valence electrons. The number of carbonyl (C=O) groups is 1. The Kier molecular flexibility index (Phi) is 5.81. The van der Waals surface area contributed by atoms with Gasteiger partial charge in [-0.3, -0.25) is 4.84 Å². The first-order valence-corrected chi connectivity index (χ1v) is 7.23. The van der Waals surface area contributed by atoms with Crippen LogP contribution in [-0.2, 0) is 22.4 Å². The zero-order valence-electron chi connectivity index (χ0n) is 12.9. The summed E-state index contributed by atoms with van der Waals surface area (Å²) in [6.07, 6.45) is -5.40. The fourth-order valence-electron chi connectivity index (χ4n) is 1.95. The smallest absolute Gasteiger partial charge is 0.439 e. The van der Waals surface area contributed by atoms with E-state index in [1.54, 1.807) is 31.2 Å². The number of carbonyl (C=O) groups excluding carboxylic acids is 1. The van der Waals surface area contributed by atoms with Gasteiger partial charge in [-0.1, -0.05) is 36.4 Å². The molecule has 0 saturated heterocycles. The highest BCUT2D eigenvalue weighted by molar-refractivity contribution is 5.85. The summed E-state index contributed by atoms with van der Waals surface area (Å²) in [7, 11) is 0. The van der Waals surface area contributed by atoms with E-state index in [-0.39, 0.29) is 18.9 Å². The molecular weight excluding hydrogens is 323 g/mol. The van der Waals surface area contributed by atoms with E-state index in [0.717, 1.165) is 22.8 Å². The third-order valence-electron chi connectivity index (χ3n) is 3.04. The van der Waals surface area contributed by atoms with Crippen molar-refractivity contribution in [2.75, 3.05) is 11.7 Å². The highest BCUT2D eigenvalue weighted by atomic mass is 19.4. The Morgan fingerprint density at radius 3 is 2.42 bits per heavy atom. The summed E-state index contributed by atoms with van der Waals surface area (Å²) in [5.74, 6) is 0. The van der Waals surface area contributed by atoms with Crippen LogP contribution < -0.4 is 5.06 Å². The maximum absolute atomic E-state index is 12.8. The van der Waals surface area contributed by atoms with Gasteiger partial charge in [-0.2, -0.15) is 18.2 Å². The van der Waals surface area contributed by atoms with Gasteiger partial charge in [0.15, 0.2) is 0 Å². The molecule has 0 aliphatic heterocycles. The van der Waals surface area contributed by atoms with Crippen LogP contribution in [0, 0.1) is 0 Å². The molecule has 0 fully saturated rings. The summed E-state index contributed by atoms with van der Waals surface area (Å²) >= 11 is 0. The van der Waals surface area contributed by atoms with Gasteiger partial charge in [0.25, 0.3) is 0 Å². The molecule has 0 radical (unpaired) electrons. The van der Waals surface area contributed by atoms with Crippen molar-refractivity contribution in [2.45, 2.75) is 19.7 Å². The van der Waals surface area contributed by atoms with Gasteiger partial charge in [0, 0.05) is 0 Å². The number of nitrogens with zero attached hydrogens (tertiary/aromatic N) is 1. The Hall–Kier alpha value is -2.54. The third kappa shape index (κ3) is 4.73. The lowest BCUT2D eigenvalue weighted by Crippen LogP contribution is -2.32. The number of rotatable bonds is 5. The van der Waals surface area contributed by atoms with E-state index >= 15 is 0 Å². The van der Waals surface area contributed by atoms with Crippen LogP contribution in [0.15, 0.2) is 54.6 Å². The van der Waals surface area contributed by atoms with E-state index in [1.165, 1.54) is 12.1 Å². The monoisotopic (exact) mass is 339 g/mol. The second-order valence-corrected chi connectivity index (χ2v) is 4.80. The van der Waals surface area contributed by atoms with Crippen molar-refractivity contribution in [3.05, 3.63) is 65.7 Å². The van der Waals surface area contributed by atoms with Gasteiger partial charge in [0.2, 0.25) is 0 Å². The first kappa shape index (κ1) is 17.8. The quantitative estimate of drug-likeness (QED) is 0.735. The molecule has 7 heteroatoms. The van der Waals surface area contributed by atoms with Crippen LogP contribution in [0.25, 0.3) is 0 Å². The number of alkyl halides is 3. The van der Waals surface area contributed by atoms with Crippen LogP contribution in [-0.4, -0.2) is 12.7 Å². The predicted molar refractivity (Wildman–Crippen MR) is 82.2 cm³/mol. The molecule has 0 heterocycles. The van der Waals surface area contributed by atoms with Gasteiger partial charge in [0.05, 0.1) is 17.9 Å². The van der Waals surface area contributed by atoms with Crippen molar-refractivity contribution in [1.82, 2.24) is 0 Å². The lowest BCUT2D eigenvalue weighted by molar-refractivity contribution is -0.137. The number of amides is 1. The van der Waals surface area contributed by atoms with Gasteiger partial charge < -0.3 is 4.74 Å². The SMILES string of the molecule is CCON(C(=O)OCc1ccccc1)c1cccc(C(F)(F)F)c1. The van der Waals surface area contributed by atoms with Gasteiger partial charge in [-0.25, -0.2) is 4.79 Å². The summed E-state index contributed by atoms with van der Waals surface area (Å²) in [5.41, 5.74) is -0.170. The number of anilines is 1. The second kappa shape index (κ2) is 7.83. The zero-order chi connectivity index (χ0) is 17.6. The molecule has 1 amide bonds. The van der Waals surface area contributed by atoms with Crippen molar-refractivity contribution in [2.24, 2.45) is 0 Å². The zero-order valence-corrected chi connectivity index (χ0v) is 12.9. The third-order valence-corrected chi connectivity index (χ3v) is 3.04. The van der Waals surface area contributed by atoms with Gasteiger partial charge in [0.1, 0.15) is 6.61 Å². The lowest BCUT2D eigenvalue weighted by atomic mass is 10.2. The summed E-state index contributed by atoms with van der Waals surface area (Å²) in [5, 5.41) is 0.720. The Morgan fingerprint density at radius 1 is 1.08 bits per heavy atom. The molecule has 24 heavy (non-hydrogen) atoms. The van der Waals surface area contributed by atoms with E-state index in [4.69, 9.17) is 9.57 Å². The molecule has 2 rings (SSSR count). The largest absolute Gasteiger partial charge is 0.443 e. The molecule has 4 nitrogen and oxygen atoms in total. The molecule has 0 aliphatic rings. The number of benzene rings is 2. The first-order chi connectivity index (χ1) is 11.4. The number of hydrogen-bond donors (Lipinski definition) is 0. The Balaban J connectivity index is 2.15. The maximum Gasteiger partial charge on any atom is 0.439 e. The van der Waals surface area contributed by atoms with E-state index in [0.29, 0.717) is 0 Å². The predicted octanol–water partition coefficient (Wildman–Crippen LogP) is 4.80. The molecule has 2 aromatic rings. The second-order valence-electron chi connectivity index (χ2n) is 4.80. The molecule has 0 unspecified atom stereocenters. The van der Waals surface area contributed by atoms with Crippen LogP contribution in [0.1, 0.15) is 18.1 Å².